The van der Waals surface area contributed by atoms with Crippen LogP contribution in [-0.2, 0) is 0 Å². The average molecular weight is 403 g/mol. The molecule has 0 saturated heterocycles. The molecule has 0 unspecified atom stereocenters. The van der Waals surface area contributed by atoms with Crippen molar-refractivity contribution in [2.45, 2.75) is 20.3 Å². The lowest BCUT2D eigenvalue weighted by Crippen LogP contribution is -2.17. The highest BCUT2D eigenvalue weighted by atomic mass is 16.5. The highest BCUT2D eigenvalue weighted by molar-refractivity contribution is 5.94. The summed E-state index contributed by atoms with van der Waals surface area (Å²) in [6.45, 7) is 5.27. The van der Waals surface area contributed by atoms with E-state index in [9.17, 15) is 4.79 Å². The van der Waals surface area contributed by atoms with Gasteiger partial charge in [-0.1, -0.05) is 24.3 Å². The minimum Gasteiger partial charge on any atom is -0.493 e. The summed E-state index contributed by atoms with van der Waals surface area (Å²) in [5.41, 5.74) is 6.22. The number of benzene rings is 2. The Bertz CT molecular complexity index is 1000. The highest BCUT2D eigenvalue weighted by Crippen LogP contribution is 2.20. The van der Waals surface area contributed by atoms with Crippen molar-refractivity contribution in [2.24, 2.45) is 5.10 Å². The summed E-state index contributed by atoms with van der Waals surface area (Å²) < 4.78 is 11.6. The van der Waals surface area contributed by atoms with Gasteiger partial charge in [0.15, 0.2) is 0 Å². The van der Waals surface area contributed by atoms with Crippen molar-refractivity contribution in [1.82, 2.24) is 10.4 Å². The van der Waals surface area contributed by atoms with Crippen LogP contribution in [0.5, 0.6) is 11.5 Å². The third-order valence-corrected chi connectivity index (χ3v) is 4.55. The van der Waals surface area contributed by atoms with Crippen molar-refractivity contribution >= 4 is 12.1 Å². The van der Waals surface area contributed by atoms with E-state index in [1.54, 1.807) is 30.7 Å². The zero-order valence-electron chi connectivity index (χ0n) is 17.2. The van der Waals surface area contributed by atoms with Crippen molar-refractivity contribution in [2.75, 3.05) is 13.2 Å². The van der Waals surface area contributed by atoms with Crippen LogP contribution in [0.15, 0.2) is 72.1 Å². The van der Waals surface area contributed by atoms with Crippen LogP contribution >= 0.6 is 0 Å². The van der Waals surface area contributed by atoms with E-state index in [1.807, 2.05) is 36.4 Å². The van der Waals surface area contributed by atoms with Crippen LogP contribution in [0, 0.1) is 13.8 Å². The number of carbonyl (C=O) groups excluding carboxylic acids is 1. The summed E-state index contributed by atoms with van der Waals surface area (Å²) in [5, 5.41) is 4.00. The molecule has 0 radical (unpaired) electrons. The first-order valence-corrected chi connectivity index (χ1v) is 9.79. The van der Waals surface area contributed by atoms with Crippen molar-refractivity contribution in [3.63, 3.8) is 0 Å². The summed E-state index contributed by atoms with van der Waals surface area (Å²) >= 11 is 0. The summed E-state index contributed by atoms with van der Waals surface area (Å²) in [6.07, 6.45) is 5.47. The van der Waals surface area contributed by atoms with Gasteiger partial charge < -0.3 is 9.47 Å². The fraction of sp³-hybridized carbons (Fsp3) is 0.208. The molecule has 0 aliphatic carbocycles. The Morgan fingerprint density at radius 2 is 1.80 bits per heavy atom. The first-order valence-electron chi connectivity index (χ1n) is 9.79. The maximum absolute atomic E-state index is 12.0. The van der Waals surface area contributed by atoms with Gasteiger partial charge in [0.05, 0.1) is 19.4 Å². The molecule has 0 aliphatic heterocycles. The summed E-state index contributed by atoms with van der Waals surface area (Å²) in [5.74, 6) is 1.37. The smallest absolute Gasteiger partial charge is 0.271 e. The number of aromatic nitrogens is 1. The number of nitrogens with one attached hydrogen (secondary N) is 1. The number of hydrogen-bond donors (Lipinski definition) is 1. The van der Waals surface area contributed by atoms with E-state index >= 15 is 0 Å². The van der Waals surface area contributed by atoms with Gasteiger partial charge in [-0.15, -0.1) is 0 Å². The monoisotopic (exact) mass is 403 g/mol. The minimum absolute atomic E-state index is 0.287. The first kappa shape index (κ1) is 21.0. The molecule has 154 valence electrons. The number of nitrogens with zero attached hydrogens (tertiary/aromatic N) is 2. The Morgan fingerprint density at radius 1 is 1.03 bits per heavy atom. The maximum atomic E-state index is 12.0. The van der Waals surface area contributed by atoms with E-state index in [-0.39, 0.29) is 5.91 Å². The molecule has 0 fully saturated rings. The number of amides is 1. The molecule has 1 heterocycles. The zero-order valence-corrected chi connectivity index (χ0v) is 17.2. The zero-order chi connectivity index (χ0) is 21.2. The van der Waals surface area contributed by atoms with Gasteiger partial charge in [0, 0.05) is 24.4 Å². The quantitative estimate of drug-likeness (QED) is 0.328. The van der Waals surface area contributed by atoms with E-state index in [2.05, 4.69) is 35.4 Å². The fourth-order valence-corrected chi connectivity index (χ4v) is 2.73. The molecule has 0 saturated carbocycles. The molecule has 0 aliphatic rings. The second kappa shape index (κ2) is 10.8. The maximum Gasteiger partial charge on any atom is 0.271 e. The van der Waals surface area contributed by atoms with Gasteiger partial charge in [-0.25, -0.2) is 5.43 Å². The molecule has 0 spiro atoms. The van der Waals surface area contributed by atoms with Crippen molar-refractivity contribution in [3.8, 4) is 11.5 Å². The van der Waals surface area contributed by atoms with Gasteiger partial charge in [-0.05, 0) is 60.9 Å². The third-order valence-electron chi connectivity index (χ3n) is 4.55. The predicted octanol–water partition coefficient (Wildman–Crippen LogP) is 4.31. The highest BCUT2D eigenvalue weighted by Gasteiger charge is 2.03. The molecule has 6 nitrogen and oxygen atoms in total. The van der Waals surface area contributed by atoms with Crippen LogP contribution in [0.1, 0.15) is 33.5 Å². The lowest BCUT2D eigenvalue weighted by atomic mass is 10.1. The van der Waals surface area contributed by atoms with Crippen LogP contribution in [-0.4, -0.2) is 30.3 Å². The van der Waals surface area contributed by atoms with Gasteiger partial charge >= 0.3 is 0 Å². The van der Waals surface area contributed by atoms with E-state index in [1.165, 1.54) is 11.1 Å². The first-order chi connectivity index (χ1) is 14.6. The van der Waals surface area contributed by atoms with Crippen LogP contribution in [0.2, 0.25) is 0 Å². The predicted molar refractivity (Wildman–Crippen MR) is 117 cm³/mol. The van der Waals surface area contributed by atoms with Gasteiger partial charge in [-0.2, -0.15) is 5.10 Å². The normalized spacial score (nSPS) is 10.7. The van der Waals surface area contributed by atoms with Gasteiger partial charge in [0.1, 0.15) is 11.5 Å². The summed E-state index contributed by atoms with van der Waals surface area (Å²) in [6, 6.07) is 16.8. The Hall–Kier alpha value is -3.67. The molecule has 3 rings (SSSR count). The molecular weight excluding hydrogens is 378 g/mol. The van der Waals surface area contributed by atoms with Crippen LogP contribution < -0.4 is 14.9 Å². The number of aryl methyl sites for hydroxylation is 1. The second-order valence-electron chi connectivity index (χ2n) is 6.76. The number of pyridine rings is 1. The molecule has 0 bridgehead atoms. The van der Waals surface area contributed by atoms with Gasteiger partial charge in [0.2, 0.25) is 0 Å². The van der Waals surface area contributed by atoms with Crippen molar-refractivity contribution in [1.29, 1.82) is 0 Å². The molecule has 1 aromatic heterocycles. The van der Waals surface area contributed by atoms with Crippen molar-refractivity contribution < 1.29 is 14.3 Å². The summed E-state index contributed by atoms with van der Waals surface area (Å²) in [7, 11) is 0. The standard InChI is InChI=1S/C24H25N3O3/c1-18-6-3-9-23(19(18)2)30-15-5-14-29-22-8-4-7-20(16-22)17-26-27-24(28)21-10-12-25-13-11-21/h3-4,6-13,16-17H,5,14-15H2,1-2H3,(H,27,28)/b26-17+. The molecular formula is C24H25N3O3. The molecule has 6 heteroatoms. The number of hydrazone groups is 1. The Labute approximate surface area is 176 Å². The van der Waals surface area contributed by atoms with Gasteiger partial charge in [-0.3, -0.25) is 9.78 Å². The largest absolute Gasteiger partial charge is 0.493 e. The fourth-order valence-electron chi connectivity index (χ4n) is 2.73. The molecule has 0 atom stereocenters. The Kier molecular flexibility index (Phi) is 7.55. The van der Waals surface area contributed by atoms with Gasteiger partial charge in [0.25, 0.3) is 5.91 Å². The molecule has 3 aromatic rings. The average Bonchev–Trinajstić information content (AvgIpc) is 2.77. The number of rotatable bonds is 9. The molecule has 1 N–H and O–H groups in total. The summed E-state index contributed by atoms with van der Waals surface area (Å²) in [4.78, 5) is 15.8. The second-order valence-corrected chi connectivity index (χ2v) is 6.76. The lowest BCUT2D eigenvalue weighted by Gasteiger charge is -2.11. The van der Waals surface area contributed by atoms with E-state index < -0.39 is 0 Å². The third kappa shape index (κ3) is 6.17. The van der Waals surface area contributed by atoms with E-state index in [4.69, 9.17) is 9.47 Å². The topological polar surface area (TPSA) is 72.8 Å². The number of ether oxygens (including phenoxy) is 2. The lowest BCUT2D eigenvalue weighted by molar-refractivity contribution is 0.0955. The van der Waals surface area contributed by atoms with Crippen molar-refractivity contribution in [3.05, 3.63) is 89.2 Å². The van der Waals surface area contributed by atoms with Crippen LogP contribution in [0.25, 0.3) is 0 Å². The molecule has 30 heavy (non-hydrogen) atoms. The Morgan fingerprint density at radius 3 is 2.63 bits per heavy atom. The number of carbonyl (C=O) groups is 1. The Balaban J connectivity index is 1.42. The van der Waals surface area contributed by atoms with Crippen LogP contribution in [0.3, 0.4) is 0 Å². The SMILES string of the molecule is Cc1cccc(OCCCOc2cccc(/C=N/NC(=O)c3ccncc3)c2)c1C. The molecule has 1 amide bonds. The number of hydrogen-bond acceptors (Lipinski definition) is 5. The molecule has 2 aromatic carbocycles. The van der Waals surface area contributed by atoms with E-state index in [0.717, 1.165) is 23.5 Å². The van der Waals surface area contributed by atoms with Crippen LogP contribution in [0.4, 0.5) is 0 Å². The van der Waals surface area contributed by atoms with E-state index in [0.29, 0.717) is 18.8 Å². The minimum atomic E-state index is -0.287.